The Balaban J connectivity index is 1.97. The monoisotopic (exact) mass is 460 g/mol. The fraction of sp³-hybridized carbons (Fsp3) is 0. The van der Waals surface area contributed by atoms with E-state index in [2.05, 4.69) is 49.2 Å². The third-order valence-corrected chi connectivity index (χ3v) is 3.82. The zero-order valence-electron chi connectivity index (χ0n) is 10.2. The van der Waals surface area contributed by atoms with Gasteiger partial charge in [0.15, 0.2) is 5.11 Å². The zero-order chi connectivity index (χ0) is 14.5. The van der Waals surface area contributed by atoms with Gasteiger partial charge in [0.05, 0.1) is 0 Å². The summed E-state index contributed by atoms with van der Waals surface area (Å²) in [6, 6.07) is 14.8. The molecular formula is C14H10BrIN2OS. The Labute approximate surface area is 144 Å². The Morgan fingerprint density at radius 3 is 2.50 bits per heavy atom. The van der Waals surface area contributed by atoms with Crippen molar-refractivity contribution >= 4 is 67.4 Å². The Bertz CT molecular complexity index is 646. The minimum absolute atomic E-state index is 0.224. The second kappa shape index (κ2) is 7.14. The average Bonchev–Trinajstić information content (AvgIpc) is 2.41. The summed E-state index contributed by atoms with van der Waals surface area (Å²) >= 11 is 10.6. The first-order valence-electron chi connectivity index (χ1n) is 5.68. The second-order valence-electron chi connectivity index (χ2n) is 3.93. The van der Waals surface area contributed by atoms with Crippen LogP contribution in [0.5, 0.6) is 0 Å². The van der Waals surface area contributed by atoms with Gasteiger partial charge in [-0.15, -0.1) is 0 Å². The van der Waals surface area contributed by atoms with Crippen LogP contribution in [0.4, 0.5) is 5.69 Å². The molecule has 0 saturated carbocycles. The maximum atomic E-state index is 12.0. The van der Waals surface area contributed by atoms with Gasteiger partial charge in [-0.2, -0.15) is 0 Å². The van der Waals surface area contributed by atoms with Gasteiger partial charge in [0.25, 0.3) is 5.91 Å². The topological polar surface area (TPSA) is 41.1 Å². The lowest BCUT2D eigenvalue weighted by Crippen LogP contribution is -2.34. The van der Waals surface area contributed by atoms with Crippen LogP contribution in [0.15, 0.2) is 53.0 Å². The first-order valence-corrected chi connectivity index (χ1v) is 7.96. The minimum Gasteiger partial charge on any atom is -0.332 e. The van der Waals surface area contributed by atoms with E-state index in [1.165, 1.54) is 0 Å². The highest BCUT2D eigenvalue weighted by Crippen LogP contribution is 2.14. The molecule has 1 amide bonds. The number of thiocarbonyl (C=S) groups is 1. The van der Waals surface area contributed by atoms with Crippen LogP contribution >= 0.6 is 50.7 Å². The van der Waals surface area contributed by atoms with E-state index in [4.69, 9.17) is 12.2 Å². The fourth-order valence-corrected chi connectivity index (χ4v) is 2.52. The van der Waals surface area contributed by atoms with Gasteiger partial charge in [0.2, 0.25) is 0 Å². The van der Waals surface area contributed by atoms with Crippen molar-refractivity contribution in [3.63, 3.8) is 0 Å². The van der Waals surface area contributed by atoms with Crippen molar-refractivity contribution < 1.29 is 4.79 Å². The molecule has 20 heavy (non-hydrogen) atoms. The quantitative estimate of drug-likeness (QED) is 0.521. The maximum absolute atomic E-state index is 12.0. The molecule has 0 aliphatic rings. The summed E-state index contributed by atoms with van der Waals surface area (Å²) in [5, 5.41) is 5.89. The number of halogens is 2. The molecule has 6 heteroatoms. The summed E-state index contributed by atoms with van der Waals surface area (Å²) in [4.78, 5) is 12.0. The molecule has 2 aromatic rings. The van der Waals surface area contributed by atoms with Crippen molar-refractivity contribution in [1.29, 1.82) is 0 Å². The Morgan fingerprint density at radius 2 is 1.85 bits per heavy atom. The molecule has 0 fully saturated rings. The molecule has 0 spiro atoms. The molecule has 0 heterocycles. The van der Waals surface area contributed by atoms with Crippen molar-refractivity contribution in [2.24, 2.45) is 0 Å². The number of amides is 1. The highest BCUT2D eigenvalue weighted by Gasteiger charge is 2.08. The van der Waals surface area contributed by atoms with Gasteiger partial charge in [0.1, 0.15) is 0 Å². The van der Waals surface area contributed by atoms with Crippen molar-refractivity contribution in [2.45, 2.75) is 0 Å². The molecule has 2 rings (SSSR count). The van der Waals surface area contributed by atoms with E-state index in [0.717, 1.165) is 13.7 Å². The number of hydrogen-bond acceptors (Lipinski definition) is 2. The molecular weight excluding hydrogens is 451 g/mol. The smallest absolute Gasteiger partial charge is 0.257 e. The standard InChI is InChI=1S/C14H10BrIN2OS/c15-10-4-6-12(7-5-10)17-14(20)18-13(19)9-2-1-3-11(16)8-9/h1-8H,(H2,17,18,19,20). The molecule has 0 unspecified atom stereocenters. The van der Waals surface area contributed by atoms with Crippen LogP contribution in [0.3, 0.4) is 0 Å². The van der Waals surface area contributed by atoms with Gasteiger partial charge in [-0.05, 0) is 77.3 Å². The molecule has 2 aromatic carbocycles. The lowest BCUT2D eigenvalue weighted by atomic mass is 10.2. The molecule has 0 bridgehead atoms. The van der Waals surface area contributed by atoms with E-state index in [0.29, 0.717) is 5.56 Å². The van der Waals surface area contributed by atoms with E-state index in [-0.39, 0.29) is 11.0 Å². The van der Waals surface area contributed by atoms with Gasteiger partial charge in [-0.3, -0.25) is 10.1 Å². The maximum Gasteiger partial charge on any atom is 0.257 e. The summed E-state index contributed by atoms with van der Waals surface area (Å²) in [7, 11) is 0. The van der Waals surface area contributed by atoms with E-state index < -0.39 is 0 Å². The molecule has 0 aromatic heterocycles. The van der Waals surface area contributed by atoms with Crippen molar-refractivity contribution in [3.05, 3.63) is 62.1 Å². The summed E-state index contributed by atoms with van der Waals surface area (Å²) in [5.74, 6) is -0.224. The lowest BCUT2D eigenvalue weighted by molar-refractivity contribution is 0.0977. The molecule has 0 atom stereocenters. The third-order valence-electron chi connectivity index (χ3n) is 2.42. The predicted molar refractivity (Wildman–Crippen MR) is 97.0 cm³/mol. The van der Waals surface area contributed by atoms with Gasteiger partial charge in [0, 0.05) is 19.3 Å². The minimum atomic E-state index is -0.224. The first-order chi connectivity index (χ1) is 9.54. The number of anilines is 1. The van der Waals surface area contributed by atoms with Crippen LogP contribution in [0.2, 0.25) is 0 Å². The number of benzene rings is 2. The van der Waals surface area contributed by atoms with Crippen LogP contribution in [-0.4, -0.2) is 11.0 Å². The highest BCUT2D eigenvalue weighted by atomic mass is 127. The van der Waals surface area contributed by atoms with Crippen molar-refractivity contribution in [2.75, 3.05) is 5.32 Å². The van der Waals surface area contributed by atoms with E-state index in [1.807, 2.05) is 36.4 Å². The van der Waals surface area contributed by atoms with Crippen LogP contribution in [0, 0.1) is 3.57 Å². The van der Waals surface area contributed by atoms with Crippen LogP contribution in [-0.2, 0) is 0 Å². The van der Waals surface area contributed by atoms with Crippen LogP contribution in [0.1, 0.15) is 10.4 Å². The Hall–Kier alpha value is -0.990. The summed E-state index contributed by atoms with van der Waals surface area (Å²) in [6.07, 6.45) is 0. The molecule has 3 nitrogen and oxygen atoms in total. The van der Waals surface area contributed by atoms with Crippen molar-refractivity contribution in [3.8, 4) is 0 Å². The molecule has 2 N–H and O–H groups in total. The lowest BCUT2D eigenvalue weighted by Gasteiger charge is -2.09. The van der Waals surface area contributed by atoms with Gasteiger partial charge in [-0.25, -0.2) is 0 Å². The molecule has 0 aliphatic carbocycles. The fourth-order valence-electron chi connectivity index (χ4n) is 1.50. The number of nitrogens with one attached hydrogen (secondary N) is 2. The number of hydrogen-bond donors (Lipinski definition) is 2. The second-order valence-corrected chi connectivity index (χ2v) is 6.50. The van der Waals surface area contributed by atoms with Gasteiger partial charge in [-0.1, -0.05) is 22.0 Å². The molecule has 0 saturated heterocycles. The summed E-state index contributed by atoms with van der Waals surface area (Å²) in [5.41, 5.74) is 1.40. The zero-order valence-corrected chi connectivity index (χ0v) is 14.8. The Morgan fingerprint density at radius 1 is 1.15 bits per heavy atom. The third kappa shape index (κ3) is 4.53. The van der Waals surface area contributed by atoms with E-state index >= 15 is 0 Å². The molecule has 102 valence electrons. The van der Waals surface area contributed by atoms with Crippen LogP contribution in [0.25, 0.3) is 0 Å². The largest absolute Gasteiger partial charge is 0.332 e. The SMILES string of the molecule is O=C(NC(=S)Nc1ccc(Br)cc1)c1cccc(I)c1. The molecule has 0 radical (unpaired) electrons. The highest BCUT2D eigenvalue weighted by molar-refractivity contribution is 14.1. The Kier molecular flexibility index (Phi) is 5.50. The summed E-state index contributed by atoms with van der Waals surface area (Å²) < 4.78 is 1.99. The van der Waals surface area contributed by atoms with Gasteiger partial charge >= 0.3 is 0 Å². The van der Waals surface area contributed by atoms with Gasteiger partial charge < -0.3 is 5.32 Å². The van der Waals surface area contributed by atoms with E-state index in [1.54, 1.807) is 12.1 Å². The predicted octanol–water partition coefficient (Wildman–Crippen LogP) is 4.18. The molecule has 0 aliphatic heterocycles. The first kappa shape index (κ1) is 15.4. The number of carbonyl (C=O) groups excluding carboxylic acids is 1. The average molecular weight is 461 g/mol. The normalized spacial score (nSPS) is 9.90. The number of carbonyl (C=O) groups is 1. The van der Waals surface area contributed by atoms with Crippen LogP contribution < -0.4 is 10.6 Å². The van der Waals surface area contributed by atoms with Crippen molar-refractivity contribution in [1.82, 2.24) is 5.32 Å². The number of rotatable bonds is 2. The van der Waals surface area contributed by atoms with E-state index in [9.17, 15) is 4.79 Å². The summed E-state index contributed by atoms with van der Waals surface area (Å²) in [6.45, 7) is 0.